The van der Waals surface area contributed by atoms with E-state index in [1.54, 1.807) is 13.8 Å². The van der Waals surface area contributed by atoms with Gasteiger partial charge in [-0.25, -0.2) is 14.6 Å². The van der Waals surface area contributed by atoms with Crippen molar-refractivity contribution in [3.63, 3.8) is 0 Å². The molecule has 0 saturated carbocycles. The standard InChI is InChI=1S/C13H21N3O3S/c1-6(2)10(12(17)18)16-13(19)15-8(4)11-7(3)14-9(5)20-11/h6,8,10H,1-5H3,(H,17,18)(H2,15,16,19). The number of urea groups is 1. The number of carbonyl (C=O) groups excluding carboxylic acids is 1. The first-order chi connectivity index (χ1) is 9.22. The Balaban J connectivity index is 2.66. The molecule has 0 saturated heterocycles. The molecule has 20 heavy (non-hydrogen) atoms. The molecule has 0 aromatic carbocycles. The van der Waals surface area contributed by atoms with E-state index in [0.717, 1.165) is 15.6 Å². The van der Waals surface area contributed by atoms with Gasteiger partial charge < -0.3 is 15.7 Å². The predicted molar refractivity (Wildman–Crippen MR) is 77.9 cm³/mol. The van der Waals surface area contributed by atoms with Crippen molar-refractivity contribution >= 4 is 23.3 Å². The summed E-state index contributed by atoms with van der Waals surface area (Å²) in [4.78, 5) is 28.2. The number of aromatic nitrogens is 1. The van der Waals surface area contributed by atoms with Crippen LogP contribution in [0.25, 0.3) is 0 Å². The number of carboxylic acid groups (broad SMARTS) is 1. The van der Waals surface area contributed by atoms with Gasteiger partial charge in [0.25, 0.3) is 0 Å². The van der Waals surface area contributed by atoms with Crippen LogP contribution in [0.15, 0.2) is 0 Å². The Morgan fingerprint density at radius 3 is 2.20 bits per heavy atom. The van der Waals surface area contributed by atoms with E-state index in [2.05, 4.69) is 15.6 Å². The van der Waals surface area contributed by atoms with Crippen molar-refractivity contribution in [2.45, 2.75) is 46.7 Å². The SMILES string of the molecule is Cc1nc(C)c(C(C)NC(=O)NC(C(=O)O)C(C)C)s1. The van der Waals surface area contributed by atoms with Gasteiger partial charge in [0.1, 0.15) is 6.04 Å². The van der Waals surface area contributed by atoms with Crippen LogP contribution in [-0.4, -0.2) is 28.1 Å². The summed E-state index contributed by atoms with van der Waals surface area (Å²) in [5.74, 6) is -1.21. The van der Waals surface area contributed by atoms with E-state index < -0.39 is 18.0 Å². The smallest absolute Gasteiger partial charge is 0.326 e. The van der Waals surface area contributed by atoms with Crippen LogP contribution in [0.2, 0.25) is 0 Å². The van der Waals surface area contributed by atoms with E-state index in [1.165, 1.54) is 11.3 Å². The third kappa shape index (κ3) is 4.19. The molecular weight excluding hydrogens is 278 g/mol. The van der Waals surface area contributed by atoms with E-state index in [0.29, 0.717) is 0 Å². The van der Waals surface area contributed by atoms with Crippen LogP contribution < -0.4 is 10.6 Å². The van der Waals surface area contributed by atoms with E-state index in [1.807, 2.05) is 20.8 Å². The number of hydrogen-bond acceptors (Lipinski definition) is 4. The zero-order valence-corrected chi connectivity index (χ0v) is 13.2. The van der Waals surface area contributed by atoms with E-state index >= 15 is 0 Å². The Kier molecular flexibility index (Phi) is 5.50. The third-order valence-corrected chi connectivity index (χ3v) is 4.16. The summed E-state index contributed by atoms with van der Waals surface area (Å²) in [6.45, 7) is 9.15. The maximum absolute atomic E-state index is 11.9. The van der Waals surface area contributed by atoms with Crippen LogP contribution in [-0.2, 0) is 4.79 Å². The highest BCUT2D eigenvalue weighted by Gasteiger charge is 2.24. The van der Waals surface area contributed by atoms with E-state index in [-0.39, 0.29) is 12.0 Å². The number of amides is 2. The van der Waals surface area contributed by atoms with E-state index in [9.17, 15) is 9.59 Å². The molecule has 6 nitrogen and oxygen atoms in total. The second-order valence-electron chi connectivity index (χ2n) is 5.08. The van der Waals surface area contributed by atoms with Gasteiger partial charge in [0.05, 0.1) is 16.7 Å². The van der Waals surface area contributed by atoms with Crippen molar-refractivity contribution < 1.29 is 14.7 Å². The summed E-state index contributed by atoms with van der Waals surface area (Å²) in [5, 5.41) is 15.2. The van der Waals surface area contributed by atoms with Gasteiger partial charge in [-0.3, -0.25) is 0 Å². The third-order valence-electron chi connectivity index (χ3n) is 2.90. The topological polar surface area (TPSA) is 91.3 Å². The average Bonchev–Trinajstić information content (AvgIpc) is 2.64. The summed E-state index contributed by atoms with van der Waals surface area (Å²) in [6.07, 6.45) is 0. The van der Waals surface area contributed by atoms with Crippen LogP contribution in [0.1, 0.15) is 42.4 Å². The van der Waals surface area contributed by atoms with E-state index in [4.69, 9.17) is 5.11 Å². The quantitative estimate of drug-likeness (QED) is 0.777. The van der Waals surface area contributed by atoms with Crippen LogP contribution in [0.4, 0.5) is 4.79 Å². The number of nitrogens with one attached hydrogen (secondary N) is 2. The lowest BCUT2D eigenvalue weighted by Gasteiger charge is -2.20. The molecule has 2 atom stereocenters. The Hall–Kier alpha value is -1.63. The van der Waals surface area contributed by atoms with Gasteiger partial charge in [0.15, 0.2) is 0 Å². The van der Waals surface area contributed by atoms with Gasteiger partial charge in [-0.15, -0.1) is 11.3 Å². The first kappa shape index (κ1) is 16.4. The number of aryl methyl sites for hydroxylation is 2. The highest BCUT2D eigenvalue weighted by Crippen LogP contribution is 2.24. The van der Waals surface area contributed by atoms with Crippen molar-refractivity contribution in [3.05, 3.63) is 15.6 Å². The first-order valence-corrected chi connectivity index (χ1v) is 7.27. The summed E-state index contributed by atoms with van der Waals surface area (Å²) >= 11 is 1.53. The molecule has 3 N–H and O–H groups in total. The normalized spacial score (nSPS) is 13.9. The first-order valence-electron chi connectivity index (χ1n) is 6.46. The minimum Gasteiger partial charge on any atom is -0.480 e. The van der Waals surface area contributed by atoms with Gasteiger partial charge in [-0.05, 0) is 26.7 Å². The molecule has 7 heteroatoms. The number of carboxylic acids is 1. The summed E-state index contributed by atoms with van der Waals surface area (Å²) < 4.78 is 0. The Labute approximate surface area is 122 Å². The lowest BCUT2D eigenvalue weighted by atomic mass is 10.1. The molecule has 0 aliphatic heterocycles. The molecule has 0 fully saturated rings. The molecule has 1 aromatic rings. The Bertz CT molecular complexity index is 499. The second kappa shape index (κ2) is 6.69. The number of carbonyl (C=O) groups is 2. The molecule has 2 amide bonds. The van der Waals surface area contributed by atoms with Crippen LogP contribution >= 0.6 is 11.3 Å². The number of nitrogens with zero attached hydrogens (tertiary/aromatic N) is 1. The predicted octanol–water partition coefficient (Wildman–Crippen LogP) is 2.23. The lowest BCUT2D eigenvalue weighted by molar-refractivity contribution is -0.140. The highest BCUT2D eigenvalue weighted by molar-refractivity contribution is 7.11. The maximum Gasteiger partial charge on any atom is 0.326 e. The van der Waals surface area contributed by atoms with Crippen LogP contribution in [0.5, 0.6) is 0 Å². The van der Waals surface area contributed by atoms with Crippen molar-refractivity contribution in [2.24, 2.45) is 5.92 Å². The number of hydrogen-bond donors (Lipinski definition) is 3. The minimum absolute atomic E-state index is 0.180. The van der Waals surface area contributed by atoms with Crippen molar-refractivity contribution in [1.82, 2.24) is 15.6 Å². The van der Waals surface area contributed by atoms with Crippen molar-refractivity contribution in [1.29, 1.82) is 0 Å². The van der Waals surface area contributed by atoms with Crippen molar-refractivity contribution in [3.8, 4) is 0 Å². The van der Waals surface area contributed by atoms with Crippen LogP contribution in [0, 0.1) is 19.8 Å². The number of aliphatic carboxylic acids is 1. The second-order valence-corrected chi connectivity index (χ2v) is 6.32. The molecule has 0 bridgehead atoms. The molecule has 0 radical (unpaired) electrons. The molecular formula is C13H21N3O3S. The van der Waals surface area contributed by atoms with Gasteiger partial charge in [0.2, 0.25) is 0 Å². The zero-order chi connectivity index (χ0) is 15.4. The zero-order valence-electron chi connectivity index (χ0n) is 12.4. The van der Waals surface area contributed by atoms with Crippen molar-refractivity contribution in [2.75, 3.05) is 0 Å². The average molecular weight is 299 g/mol. The molecule has 1 heterocycles. The van der Waals surface area contributed by atoms with Gasteiger partial charge in [0, 0.05) is 4.88 Å². The lowest BCUT2D eigenvalue weighted by Crippen LogP contribution is -2.49. The molecule has 1 rings (SSSR count). The minimum atomic E-state index is -1.03. The Morgan fingerprint density at radius 2 is 1.80 bits per heavy atom. The largest absolute Gasteiger partial charge is 0.480 e. The summed E-state index contributed by atoms with van der Waals surface area (Å²) in [6, 6.07) is -1.58. The molecule has 0 spiro atoms. The highest BCUT2D eigenvalue weighted by atomic mass is 32.1. The Morgan fingerprint density at radius 1 is 1.20 bits per heavy atom. The maximum atomic E-state index is 11.9. The summed E-state index contributed by atoms with van der Waals surface area (Å²) in [7, 11) is 0. The number of thiazole rings is 1. The van der Waals surface area contributed by atoms with Gasteiger partial charge >= 0.3 is 12.0 Å². The monoisotopic (exact) mass is 299 g/mol. The fraction of sp³-hybridized carbons (Fsp3) is 0.615. The molecule has 112 valence electrons. The molecule has 0 aliphatic rings. The number of rotatable bonds is 5. The van der Waals surface area contributed by atoms with Crippen LogP contribution in [0.3, 0.4) is 0 Å². The fourth-order valence-electron chi connectivity index (χ4n) is 1.91. The summed E-state index contributed by atoms with van der Waals surface area (Å²) in [5.41, 5.74) is 0.888. The van der Waals surface area contributed by atoms with Gasteiger partial charge in [-0.1, -0.05) is 13.8 Å². The fourth-order valence-corrected chi connectivity index (χ4v) is 2.84. The van der Waals surface area contributed by atoms with Gasteiger partial charge in [-0.2, -0.15) is 0 Å². The molecule has 2 unspecified atom stereocenters. The molecule has 0 aliphatic carbocycles. The molecule has 1 aromatic heterocycles.